The number of unbranched alkanes of at least 4 members (excludes halogenated alkanes) is 1. The molecule has 1 aliphatic heterocycles. The zero-order chi connectivity index (χ0) is 17.3. The summed E-state index contributed by atoms with van der Waals surface area (Å²) in [6, 6.07) is 5.00. The molecule has 1 heterocycles. The average molecular weight is 364 g/mol. The first-order chi connectivity index (χ1) is 11.5. The van der Waals surface area contributed by atoms with Crippen molar-refractivity contribution in [3.8, 4) is 0 Å². The van der Waals surface area contributed by atoms with Crippen LogP contribution >= 0.6 is 23.2 Å². The lowest BCUT2D eigenvalue weighted by molar-refractivity contribution is -0.126. The molecule has 2 aliphatic rings. The molecule has 2 amide bonds. The molecule has 0 spiro atoms. The Kier molecular flexibility index (Phi) is 4.61. The van der Waals surface area contributed by atoms with Crippen LogP contribution in [-0.4, -0.2) is 18.1 Å². The first-order valence-electron chi connectivity index (χ1n) is 7.64. The third-order valence-electron chi connectivity index (χ3n) is 4.59. The fourth-order valence-electron chi connectivity index (χ4n) is 3.51. The number of rotatable bonds is 5. The lowest BCUT2D eigenvalue weighted by atomic mass is 9.63. The molecule has 0 radical (unpaired) electrons. The summed E-state index contributed by atoms with van der Waals surface area (Å²) < 4.78 is 0. The van der Waals surface area contributed by atoms with E-state index < -0.39 is 11.3 Å². The SMILES string of the molecule is O=CCCCC1=CC=C[C@@H]2C(=O)NC(=O)C12c1ccc(Cl)c(Cl)c1. The number of hydrogen-bond acceptors (Lipinski definition) is 3. The van der Waals surface area contributed by atoms with E-state index in [1.165, 1.54) is 0 Å². The number of halogens is 2. The standard InChI is InChI=1S/C18H15Cl2NO3/c19-14-8-7-12(10-15(14)20)18-11(4-1-2-9-22)5-3-6-13(18)16(23)21-17(18)24/h3,5-10,13H,1-2,4H2,(H,21,23,24)/t13-,18?/m1/s1. The summed E-state index contributed by atoms with van der Waals surface area (Å²) in [7, 11) is 0. The van der Waals surface area contributed by atoms with Gasteiger partial charge in [0.05, 0.1) is 16.0 Å². The molecular weight excluding hydrogens is 349 g/mol. The molecule has 1 aliphatic carbocycles. The Balaban J connectivity index is 2.14. The number of allylic oxidation sites excluding steroid dienone is 2. The van der Waals surface area contributed by atoms with Crippen molar-refractivity contribution >= 4 is 41.3 Å². The van der Waals surface area contributed by atoms with Gasteiger partial charge < -0.3 is 4.79 Å². The minimum atomic E-state index is -1.12. The molecule has 0 bridgehead atoms. The van der Waals surface area contributed by atoms with Crippen molar-refractivity contribution in [3.63, 3.8) is 0 Å². The number of amides is 2. The summed E-state index contributed by atoms with van der Waals surface area (Å²) >= 11 is 12.1. The van der Waals surface area contributed by atoms with Crippen molar-refractivity contribution in [2.75, 3.05) is 0 Å². The average Bonchev–Trinajstić information content (AvgIpc) is 2.83. The summed E-state index contributed by atoms with van der Waals surface area (Å²) in [5.74, 6) is -1.32. The van der Waals surface area contributed by atoms with E-state index in [4.69, 9.17) is 23.2 Å². The molecule has 1 unspecified atom stereocenters. The fraction of sp³-hybridized carbons (Fsp3) is 0.278. The van der Waals surface area contributed by atoms with Gasteiger partial charge >= 0.3 is 0 Å². The van der Waals surface area contributed by atoms with E-state index >= 15 is 0 Å². The number of imide groups is 1. The van der Waals surface area contributed by atoms with Crippen molar-refractivity contribution in [1.82, 2.24) is 5.32 Å². The predicted molar refractivity (Wildman–Crippen MR) is 91.9 cm³/mol. The van der Waals surface area contributed by atoms with Gasteiger partial charge in [0.2, 0.25) is 11.8 Å². The number of fused-ring (bicyclic) bond motifs is 1. The first-order valence-corrected chi connectivity index (χ1v) is 8.39. The molecule has 0 saturated carbocycles. The van der Waals surface area contributed by atoms with E-state index in [-0.39, 0.29) is 11.8 Å². The molecule has 1 aromatic rings. The fourth-order valence-corrected chi connectivity index (χ4v) is 3.81. The van der Waals surface area contributed by atoms with Crippen molar-refractivity contribution in [3.05, 3.63) is 57.6 Å². The predicted octanol–water partition coefficient (Wildman–Crippen LogP) is 3.37. The molecule has 1 N–H and O–H groups in total. The Morgan fingerprint density at radius 2 is 2.00 bits per heavy atom. The van der Waals surface area contributed by atoms with E-state index in [2.05, 4.69) is 5.32 Å². The highest BCUT2D eigenvalue weighted by Gasteiger charge is 2.57. The molecule has 1 fully saturated rings. The van der Waals surface area contributed by atoms with Gasteiger partial charge in [-0.15, -0.1) is 0 Å². The van der Waals surface area contributed by atoms with Gasteiger partial charge in [-0.25, -0.2) is 0 Å². The number of benzene rings is 1. The summed E-state index contributed by atoms with van der Waals surface area (Å²) in [6.07, 6.45) is 7.77. The van der Waals surface area contributed by atoms with Crippen LogP contribution in [0, 0.1) is 5.92 Å². The molecule has 24 heavy (non-hydrogen) atoms. The Labute approximate surface area is 149 Å². The molecule has 2 atom stereocenters. The molecule has 4 nitrogen and oxygen atoms in total. The monoisotopic (exact) mass is 363 g/mol. The van der Waals surface area contributed by atoms with Crippen LogP contribution in [-0.2, 0) is 19.8 Å². The van der Waals surface area contributed by atoms with E-state index in [0.29, 0.717) is 34.9 Å². The van der Waals surface area contributed by atoms with Gasteiger partial charge in [-0.2, -0.15) is 0 Å². The highest BCUT2D eigenvalue weighted by Crippen LogP contribution is 2.48. The van der Waals surface area contributed by atoms with E-state index in [1.54, 1.807) is 30.4 Å². The first kappa shape index (κ1) is 16.9. The van der Waals surface area contributed by atoms with Gasteiger partial charge in [0, 0.05) is 6.42 Å². The van der Waals surface area contributed by atoms with Gasteiger partial charge in [-0.05, 0) is 36.1 Å². The van der Waals surface area contributed by atoms with Crippen molar-refractivity contribution in [2.24, 2.45) is 5.92 Å². The van der Waals surface area contributed by atoms with E-state index in [9.17, 15) is 14.4 Å². The third kappa shape index (κ3) is 2.50. The second-order valence-electron chi connectivity index (χ2n) is 5.87. The number of aldehydes is 1. The van der Waals surface area contributed by atoms with Crippen LogP contribution in [0.2, 0.25) is 10.0 Å². The maximum atomic E-state index is 12.8. The molecule has 3 rings (SSSR count). The normalized spacial score (nSPS) is 25.2. The van der Waals surface area contributed by atoms with Gasteiger partial charge in [0.15, 0.2) is 0 Å². The Morgan fingerprint density at radius 3 is 2.71 bits per heavy atom. The van der Waals surface area contributed by atoms with Crippen molar-refractivity contribution in [1.29, 1.82) is 0 Å². The van der Waals surface area contributed by atoms with Gasteiger partial charge in [-0.3, -0.25) is 14.9 Å². The number of nitrogens with one attached hydrogen (secondary N) is 1. The van der Waals surface area contributed by atoms with Crippen LogP contribution < -0.4 is 5.32 Å². The van der Waals surface area contributed by atoms with Crippen LogP contribution in [0.5, 0.6) is 0 Å². The molecule has 1 aromatic carbocycles. The van der Waals surface area contributed by atoms with Crippen LogP contribution in [0.25, 0.3) is 0 Å². The largest absolute Gasteiger partial charge is 0.303 e. The maximum Gasteiger partial charge on any atom is 0.242 e. The maximum absolute atomic E-state index is 12.8. The lowest BCUT2D eigenvalue weighted by Gasteiger charge is -2.35. The van der Waals surface area contributed by atoms with Gasteiger partial charge in [0.25, 0.3) is 0 Å². The van der Waals surface area contributed by atoms with Crippen LogP contribution in [0.3, 0.4) is 0 Å². The molecule has 1 saturated heterocycles. The highest BCUT2D eigenvalue weighted by atomic mass is 35.5. The summed E-state index contributed by atoms with van der Waals surface area (Å²) in [5.41, 5.74) is 0.314. The van der Waals surface area contributed by atoms with Crippen LogP contribution in [0.1, 0.15) is 24.8 Å². The van der Waals surface area contributed by atoms with E-state index in [0.717, 1.165) is 11.9 Å². The minimum absolute atomic E-state index is 0.330. The topological polar surface area (TPSA) is 63.2 Å². The van der Waals surface area contributed by atoms with Gasteiger partial charge in [0.1, 0.15) is 11.7 Å². The summed E-state index contributed by atoms with van der Waals surface area (Å²) in [4.78, 5) is 35.8. The molecule has 124 valence electrons. The van der Waals surface area contributed by atoms with Gasteiger partial charge in [-0.1, -0.05) is 47.5 Å². The number of carbonyl (C=O) groups is 3. The molecular formula is C18H15Cl2NO3. The number of carbonyl (C=O) groups excluding carboxylic acids is 3. The summed E-state index contributed by atoms with van der Waals surface area (Å²) in [5, 5.41) is 3.15. The molecule has 6 heteroatoms. The Hall–Kier alpha value is -1.91. The Morgan fingerprint density at radius 1 is 1.21 bits per heavy atom. The summed E-state index contributed by atoms with van der Waals surface area (Å²) in [6.45, 7) is 0. The zero-order valence-corrected chi connectivity index (χ0v) is 14.2. The quantitative estimate of drug-likeness (QED) is 0.495. The number of hydrogen-bond donors (Lipinski definition) is 1. The minimum Gasteiger partial charge on any atom is -0.303 e. The second kappa shape index (κ2) is 6.54. The third-order valence-corrected chi connectivity index (χ3v) is 5.33. The van der Waals surface area contributed by atoms with E-state index in [1.807, 2.05) is 6.08 Å². The zero-order valence-electron chi connectivity index (χ0n) is 12.7. The van der Waals surface area contributed by atoms with Crippen LogP contribution in [0.15, 0.2) is 42.0 Å². The Bertz CT molecular complexity index is 784. The second-order valence-corrected chi connectivity index (χ2v) is 6.68. The lowest BCUT2D eigenvalue weighted by Crippen LogP contribution is -2.42. The highest BCUT2D eigenvalue weighted by molar-refractivity contribution is 6.42. The van der Waals surface area contributed by atoms with Crippen molar-refractivity contribution < 1.29 is 14.4 Å². The van der Waals surface area contributed by atoms with Crippen LogP contribution in [0.4, 0.5) is 0 Å². The smallest absolute Gasteiger partial charge is 0.242 e. The van der Waals surface area contributed by atoms with Crippen molar-refractivity contribution in [2.45, 2.75) is 24.7 Å². The molecule has 0 aromatic heterocycles.